The van der Waals surface area contributed by atoms with E-state index in [2.05, 4.69) is 40.2 Å². The van der Waals surface area contributed by atoms with Crippen LogP contribution < -0.4 is 9.47 Å². The van der Waals surface area contributed by atoms with Crippen LogP contribution in [0.2, 0.25) is 0 Å². The van der Waals surface area contributed by atoms with Crippen LogP contribution in [0.3, 0.4) is 0 Å². The number of nitrogens with zero attached hydrogens (tertiary/aromatic N) is 3. The highest BCUT2D eigenvalue weighted by atomic mass is 16.6. The Morgan fingerprint density at radius 3 is 2.72 bits per heavy atom. The lowest BCUT2D eigenvalue weighted by Gasteiger charge is -2.26. The molecule has 148 valence electrons. The van der Waals surface area contributed by atoms with Gasteiger partial charge in [0.15, 0.2) is 11.5 Å². The van der Waals surface area contributed by atoms with Gasteiger partial charge in [0, 0.05) is 36.2 Å². The summed E-state index contributed by atoms with van der Waals surface area (Å²) in [4.78, 5) is 11.5. The summed E-state index contributed by atoms with van der Waals surface area (Å²) in [5, 5.41) is 0. The smallest absolute Gasteiger partial charge is 0.161 e. The minimum absolute atomic E-state index is 0.411. The molecule has 1 aromatic carbocycles. The molecular formula is C24H25N3O2. The van der Waals surface area contributed by atoms with Crippen LogP contribution in [-0.2, 0) is 6.54 Å². The molecule has 3 aromatic rings. The standard InChI is InChI=1S/C24H25N3O2/c1-17-13-19(8-9-25-17)21-6-4-18(15-26-21)16-27-10-2-3-22(27)20-5-7-23-24(14-20)29-12-11-28-23/h4-9,13-15,22H,2-3,10-12,16H2,1H3. The Bertz CT molecular complexity index is 1000. The van der Waals surface area contributed by atoms with Gasteiger partial charge in [-0.05, 0) is 67.8 Å². The van der Waals surface area contributed by atoms with Gasteiger partial charge in [0.25, 0.3) is 0 Å². The van der Waals surface area contributed by atoms with E-state index in [1.165, 1.54) is 24.0 Å². The van der Waals surface area contributed by atoms with Crippen molar-refractivity contribution in [2.24, 2.45) is 0 Å². The third-order valence-electron chi connectivity index (χ3n) is 5.72. The third-order valence-corrected chi connectivity index (χ3v) is 5.72. The van der Waals surface area contributed by atoms with Gasteiger partial charge < -0.3 is 9.47 Å². The van der Waals surface area contributed by atoms with Crippen LogP contribution in [0.25, 0.3) is 11.3 Å². The fourth-order valence-corrected chi connectivity index (χ4v) is 4.29. The number of hydrogen-bond donors (Lipinski definition) is 0. The molecule has 0 N–H and O–H groups in total. The molecule has 0 saturated carbocycles. The average Bonchev–Trinajstić information content (AvgIpc) is 3.22. The second-order valence-corrected chi connectivity index (χ2v) is 7.77. The number of benzene rings is 1. The fraction of sp³-hybridized carbons (Fsp3) is 0.333. The molecule has 5 rings (SSSR count). The van der Waals surface area contributed by atoms with Crippen LogP contribution >= 0.6 is 0 Å². The van der Waals surface area contributed by atoms with E-state index in [0.717, 1.165) is 41.5 Å². The topological polar surface area (TPSA) is 47.5 Å². The number of aryl methyl sites for hydroxylation is 1. The molecule has 0 aliphatic carbocycles. The van der Waals surface area contributed by atoms with Crippen molar-refractivity contribution in [1.82, 2.24) is 14.9 Å². The minimum Gasteiger partial charge on any atom is -0.486 e. The Kier molecular flexibility index (Phi) is 4.90. The van der Waals surface area contributed by atoms with Crippen LogP contribution in [0.1, 0.15) is 35.7 Å². The lowest BCUT2D eigenvalue weighted by molar-refractivity contribution is 0.170. The van der Waals surface area contributed by atoms with Gasteiger partial charge in [-0.25, -0.2) is 0 Å². The van der Waals surface area contributed by atoms with Gasteiger partial charge in [-0.15, -0.1) is 0 Å². The molecule has 2 aliphatic rings. The average molecular weight is 387 g/mol. The number of rotatable bonds is 4. The second kappa shape index (κ2) is 7.84. The summed E-state index contributed by atoms with van der Waals surface area (Å²) >= 11 is 0. The number of pyridine rings is 2. The largest absolute Gasteiger partial charge is 0.486 e. The molecule has 2 aromatic heterocycles. The molecule has 1 unspecified atom stereocenters. The van der Waals surface area contributed by atoms with E-state index in [1.807, 2.05) is 31.5 Å². The van der Waals surface area contributed by atoms with Crippen LogP contribution in [0.5, 0.6) is 11.5 Å². The van der Waals surface area contributed by atoms with Gasteiger partial charge in [-0.3, -0.25) is 14.9 Å². The molecule has 4 heterocycles. The monoisotopic (exact) mass is 387 g/mol. The second-order valence-electron chi connectivity index (χ2n) is 7.77. The van der Waals surface area contributed by atoms with E-state index in [4.69, 9.17) is 14.5 Å². The highest BCUT2D eigenvalue weighted by molar-refractivity contribution is 5.58. The fourth-order valence-electron chi connectivity index (χ4n) is 4.29. The number of aromatic nitrogens is 2. The van der Waals surface area contributed by atoms with Crippen molar-refractivity contribution in [3.63, 3.8) is 0 Å². The van der Waals surface area contributed by atoms with Crippen molar-refractivity contribution in [2.75, 3.05) is 19.8 Å². The van der Waals surface area contributed by atoms with Crippen molar-refractivity contribution in [3.8, 4) is 22.8 Å². The van der Waals surface area contributed by atoms with Gasteiger partial charge in [-0.1, -0.05) is 12.1 Å². The van der Waals surface area contributed by atoms with Gasteiger partial charge in [-0.2, -0.15) is 0 Å². The van der Waals surface area contributed by atoms with E-state index in [0.29, 0.717) is 19.3 Å². The number of hydrogen-bond acceptors (Lipinski definition) is 5. The highest BCUT2D eigenvalue weighted by Crippen LogP contribution is 2.38. The first kappa shape index (κ1) is 18.1. The summed E-state index contributed by atoms with van der Waals surface area (Å²) in [6.45, 7) is 5.26. The zero-order chi connectivity index (χ0) is 19.6. The van der Waals surface area contributed by atoms with Crippen LogP contribution in [0.4, 0.5) is 0 Å². The molecule has 0 bridgehead atoms. The Balaban J connectivity index is 1.32. The SMILES string of the molecule is Cc1cc(-c2ccc(CN3CCCC3c3ccc4c(c3)OCCO4)cn2)ccn1. The first-order valence-corrected chi connectivity index (χ1v) is 10.3. The summed E-state index contributed by atoms with van der Waals surface area (Å²) in [5.74, 6) is 1.73. The van der Waals surface area contributed by atoms with Gasteiger partial charge in [0.1, 0.15) is 13.2 Å². The highest BCUT2D eigenvalue weighted by Gasteiger charge is 2.27. The van der Waals surface area contributed by atoms with E-state index in [9.17, 15) is 0 Å². The molecule has 1 saturated heterocycles. The predicted molar refractivity (Wildman–Crippen MR) is 112 cm³/mol. The molecule has 0 radical (unpaired) electrons. The molecule has 5 nitrogen and oxygen atoms in total. The van der Waals surface area contributed by atoms with E-state index in [1.54, 1.807) is 0 Å². The van der Waals surface area contributed by atoms with Crippen molar-refractivity contribution in [2.45, 2.75) is 32.4 Å². The summed E-state index contributed by atoms with van der Waals surface area (Å²) in [7, 11) is 0. The molecule has 0 amide bonds. The molecule has 0 spiro atoms. The summed E-state index contributed by atoms with van der Waals surface area (Å²) in [6, 6.07) is 15.2. The Morgan fingerprint density at radius 1 is 1.00 bits per heavy atom. The van der Waals surface area contributed by atoms with Gasteiger partial charge >= 0.3 is 0 Å². The van der Waals surface area contributed by atoms with E-state index >= 15 is 0 Å². The van der Waals surface area contributed by atoms with Crippen molar-refractivity contribution >= 4 is 0 Å². The predicted octanol–water partition coefficient (Wildman–Crippen LogP) is 4.56. The van der Waals surface area contributed by atoms with E-state index in [-0.39, 0.29) is 0 Å². The van der Waals surface area contributed by atoms with Gasteiger partial charge in [0.05, 0.1) is 5.69 Å². The van der Waals surface area contributed by atoms with Crippen LogP contribution in [0.15, 0.2) is 54.9 Å². The molecule has 5 heteroatoms. The van der Waals surface area contributed by atoms with Crippen molar-refractivity contribution in [3.05, 3.63) is 71.7 Å². The molecule has 1 fully saturated rings. The van der Waals surface area contributed by atoms with Crippen molar-refractivity contribution in [1.29, 1.82) is 0 Å². The summed E-state index contributed by atoms with van der Waals surface area (Å²) < 4.78 is 11.5. The summed E-state index contributed by atoms with van der Waals surface area (Å²) in [5.41, 5.74) is 5.66. The Hall–Kier alpha value is -2.92. The number of fused-ring (bicyclic) bond motifs is 1. The first-order valence-electron chi connectivity index (χ1n) is 10.3. The maximum Gasteiger partial charge on any atom is 0.161 e. The lowest BCUT2D eigenvalue weighted by Crippen LogP contribution is -2.23. The molecule has 2 aliphatic heterocycles. The number of ether oxygens (including phenoxy) is 2. The van der Waals surface area contributed by atoms with Crippen molar-refractivity contribution < 1.29 is 9.47 Å². The third kappa shape index (κ3) is 3.83. The normalized spacial score (nSPS) is 18.7. The molecule has 1 atom stereocenters. The number of likely N-dealkylation sites (tertiary alicyclic amines) is 1. The lowest BCUT2D eigenvalue weighted by atomic mass is 10.0. The van der Waals surface area contributed by atoms with Crippen LogP contribution in [-0.4, -0.2) is 34.6 Å². The Morgan fingerprint density at radius 2 is 1.90 bits per heavy atom. The quantitative estimate of drug-likeness (QED) is 0.657. The summed E-state index contributed by atoms with van der Waals surface area (Å²) in [6.07, 6.45) is 6.22. The van der Waals surface area contributed by atoms with Gasteiger partial charge in [0.2, 0.25) is 0 Å². The Labute approximate surface area is 171 Å². The molecular weight excluding hydrogens is 362 g/mol. The first-order chi connectivity index (χ1) is 14.3. The molecule has 29 heavy (non-hydrogen) atoms. The van der Waals surface area contributed by atoms with E-state index < -0.39 is 0 Å². The minimum atomic E-state index is 0.411. The zero-order valence-corrected chi connectivity index (χ0v) is 16.7. The van der Waals surface area contributed by atoms with Crippen LogP contribution in [0, 0.1) is 6.92 Å². The zero-order valence-electron chi connectivity index (χ0n) is 16.7. The maximum atomic E-state index is 5.78. The maximum absolute atomic E-state index is 5.78.